The van der Waals surface area contributed by atoms with Crippen LogP contribution < -0.4 is 19.7 Å². The molecule has 0 aliphatic heterocycles. The van der Waals surface area contributed by atoms with Gasteiger partial charge in [-0.2, -0.15) is 8.78 Å². The Balaban J connectivity index is 1.91. The number of para-hydroxylation sites is 2. The molecule has 140 valence electrons. The van der Waals surface area contributed by atoms with Crippen LogP contribution in [0.3, 0.4) is 0 Å². The zero-order chi connectivity index (χ0) is 18.9. The third kappa shape index (κ3) is 5.34. The minimum Gasteiger partial charge on any atom is -0.493 e. The molecule has 26 heavy (non-hydrogen) atoms. The van der Waals surface area contributed by atoms with E-state index in [2.05, 4.69) is 15.0 Å². The van der Waals surface area contributed by atoms with Crippen molar-refractivity contribution in [3.63, 3.8) is 0 Å². The van der Waals surface area contributed by atoms with Crippen molar-refractivity contribution in [1.82, 2.24) is 5.32 Å². The molecule has 0 bridgehead atoms. The lowest BCUT2D eigenvalue weighted by Gasteiger charge is -2.19. The van der Waals surface area contributed by atoms with Crippen molar-refractivity contribution in [1.29, 1.82) is 0 Å². The highest BCUT2D eigenvalue weighted by Gasteiger charge is 2.20. The lowest BCUT2D eigenvalue weighted by Crippen LogP contribution is -2.28. The van der Waals surface area contributed by atoms with Crippen molar-refractivity contribution in [3.05, 3.63) is 54.1 Å². The van der Waals surface area contributed by atoms with Gasteiger partial charge in [0.2, 0.25) is 0 Å². The number of methoxy groups -OCH3 is 1. The van der Waals surface area contributed by atoms with E-state index in [1.807, 2.05) is 37.4 Å². The van der Waals surface area contributed by atoms with Gasteiger partial charge < -0.3 is 19.7 Å². The second kappa shape index (κ2) is 9.60. The van der Waals surface area contributed by atoms with Gasteiger partial charge in [-0.05, 0) is 30.7 Å². The number of alkyl halides is 2. The quantitative estimate of drug-likeness (QED) is 0.692. The van der Waals surface area contributed by atoms with Gasteiger partial charge >= 0.3 is 6.61 Å². The lowest BCUT2D eigenvalue weighted by atomic mass is 10.1. The summed E-state index contributed by atoms with van der Waals surface area (Å²) in [4.78, 5) is 14.4. The van der Waals surface area contributed by atoms with Gasteiger partial charge in [-0.3, -0.25) is 4.79 Å². The SMILES string of the molecule is COc1cccc(C(=O)NCCCN(C)c2ccccc2)c1OC(F)F. The molecule has 1 N–H and O–H groups in total. The molecule has 0 heterocycles. The second-order valence-corrected chi connectivity index (χ2v) is 5.58. The van der Waals surface area contributed by atoms with Gasteiger partial charge in [-0.1, -0.05) is 24.3 Å². The van der Waals surface area contributed by atoms with E-state index in [0.29, 0.717) is 13.0 Å². The first-order valence-corrected chi connectivity index (χ1v) is 8.19. The standard InChI is InChI=1S/C19H22F2N2O3/c1-23(14-8-4-3-5-9-14)13-7-12-22-18(24)15-10-6-11-16(25-2)17(15)26-19(20)21/h3-6,8-11,19H,7,12-13H2,1-2H3,(H,22,24). The Morgan fingerprint density at radius 2 is 1.88 bits per heavy atom. The number of nitrogens with zero attached hydrogens (tertiary/aromatic N) is 1. The number of rotatable bonds is 9. The number of carbonyl (C=O) groups excluding carboxylic acids is 1. The molecule has 0 aromatic heterocycles. The zero-order valence-electron chi connectivity index (χ0n) is 14.7. The van der Waals surface area contributed by atoms with Gasteiger partial charge in [-0.15, -0.1) is 0 Å². The van der Waals surface area contributed by atoms with E-state index in [1.165, 1.54) is 19.2 Å². The van der Waals surface area contributed by atoms with Crippen molar-refractivity contribution in [3.8, 4) is 11.5 Å². The number of benzene rings is 2. The molecule has 0 spiro atoms. The van der Waals surface area contributed by atoms with E-state index in [4.69, 9.17) is 4.74 Å². The van der Waals surface area contributed by atoms with Gasteiger partial charge in [-0.25, -0.2) is 0 Å². The number of halogens is 2. The van der Waals surface area contributed by atoms with Gasteiger partial charge in [0.05, 0.1) is 12.7 Å². The number of hydrogen-bond acceptors (Lipinski definition) is 4. The third-order valence-electron chi connectivity index (χ3n) is 3.80. The summed E-state index contributed by atoms with van der Waals surface area (Å²) in [6, 6.07) is 14.3. The first-order valence-electron chi connectivity index (χ1n) is 8.19. The van der Waals surface area contributed by atoms with E-state index >= 15 is 0 Å². The Labute approximate surface area is 151 Å². The Morgan fingerprint density at radius 3 is 2.54 bits per heavy atom. The van der Waals surface area contributed by atoms with Crippen molar-refractivity contribution in [2.24, 2.45) is 0 Å². The van der Waals surface area contributed by atoms with Crippen LogP contribution in [0.4, 0.5) is 14.5 Å². The molecule has 0 aliphatic rings. The van der Waals surface area contributed by atoms with E-state index < -0.39 is 12.5 Å². The number of anilines is 1. The molecule has 0 saturated carbocycles. The van der Waals surface area contributed by atoms with Crippen LogP contribution in [0.1, 0.15) is 16.8 Å². The molecular formula is C19H22F2N2O3. The number of carbonyl (C=O) groups is 1. The van der Waals surface area contributed by atoms with Crippen LogP contribution in [0.5, 0.6) is 11.5 Å². The van der Waals surface area contributed by atoms with Crippen molar-refractivity contribution >= 4 is 11.6 Å². The minimum atomic E-state index is -3.04. The molecule has 1 amide bonds. The Bertz CT molecular complexity index is 711. The third-order valence-corrected chi connectivity index (χ3v) is 3.80. The molecule has 0 aliphatic carbocycles. The van der Waals surface area contributed by atoms with Gasteiger partial charge in [0.1, 0.15) is 0 Å². The molecule has 2 aromatic carbocycles. The molecular weight excluding hydrogens is 342 g/mol. The lowest BCUT2D eigenvalue weighted by molar-refractivity contribution is -0.0515. The Morgan fingerprint density at radius 1 is 1.15 bits per heavy atom. The fourth-order valence-electron chi connectivity index (χ4n) is 2.49. The molecule has 7 heteroatoms. The maximum atomic E-state index is 12.6. The first kappa shape index (κ1) is 19.5. The van der Waals surface area contributed by atoms with Crippen LogP contribution >= 0.6 is 0 Å². The second-order valence-electron chi connectivity index (χ2n) is 5.58. The van der Waals surface area contributed by atoms with E-state index in [9.17, 15) is 13.6 Å². The van der Waals surface area contributed by atoms with Crippen molar-refractivity contribution in [2.45, 2.75) is 13.0 Å². The Hall–Kier alpha value is -2.83. The number of nitrogens with one attached hydrogen (secondary N) is 1. The summed E-state index contributed by atoms with van der Waals surface area (Å²) in [6.07, 6.45) is 0.701. The smallest absolute Gasteiger partial charge is 0.387 e. The predicted molar refractivity (Wildman–Crippen MR) is 96.3 cm³/mol. The van der Waals surface area contributed by atoms with Crippen LogP contribution in [0.25, 0.3) is 0 Å². The average Bonchev–Trinajstić information content (AvgIpc) is 2.65. The minimum absolute atomic E-state index is 0.0149. The molecule has 5 nitrogen and oxygen atoms in total. The summed E-state index contributed by atoms with van der Waals surface area (Å²) >= 11 is 0. The molecule has 2 aromatic rings. The van der Waals surface area contributed by atoms with Crippen LogP contribution in [0.15, 0.2) is 48.5 Å². The number of hydrogen-bond donors (Lipinski definition) is 1. The largest absolute Gasteiger partial charge is 0.493 e. The van der Waals surface area contributed by atoms with Gasteiger partial charge in [0.25, 0.3) is 5.91 Å². The fourth-order valence-corrected chi connectivity index (χ4v) is 2.49. The maximum absolute atomic E-state index is 12.6. The number of ether oxygens (including phenoxy) is 2. The molecule has 0 atom stereocenters. The summed E-state index contributed by atoms with van der Waals surface area (Å²) in [6.45, 7) is -1.90. The molecule has 0 saturated heterocycles. The molecule has 0 fully saturated rings. The van der Waals surface area contributed by atoms with E-state index in [1.54, 1.807) is 6.07 Å². The van der Waals surface area contributed by atoms with Gasteiger partial charge in [0, 0.05) is 25.8 Å². The molecule has 0 radical (unpaired) electrons. The fraction of sp³-hybridized carbons (Fsp3) is 0.316. The van der Waals surface area contributed by atoms with Crippen molar-refractivity contribution in [2.75, 3.05) is 32.1 Å². The highest BCUT2D eigenvalue weighted by molar-refractivity contribution is 5.97. The van der Waals surface area contributed by atoms with Crippen LogP contribution in [0, 0.1) is 0 Å². The monoisotopic (exact) mass is 364 g/mol. The maximum Gasteiger partial charge on any atom is 0.387 e. The molecule has 2 rings (SSSR count). The van der Waals surface area contributed by atoms with E-state index in [0.717, 1.165) is 12.2 Å². The predicted octanol–water partition coefficient (Wildman–Crippen LogP) is 3.55. The summed E-state index contributed by atoms with van der Waals surface area (Å²) in [7, 11) is 3.29. The number of amides is 1. The highest BCUT2D eigenvalue weighted by atomic mass is 19.3. The first-order chi connectivity index (χ1) is 12.5. The molecule has 0 unspecified atom stereocenters. The highest BCUT2D eigenvalue weighted by Crippen LogP contribution is 2.32. The normalized spacial score (nSPS) is 10.5. The summed E-state index contributed by atoms with van der Waals surface area (Å²) in [5.74, 6) is -0.660. The topological polar surface area (TPSA) is 50.8 Å². The van der Waals surface area contributed by atoms with Gasteiger partial charge in [0.15, 0.2) is 11.5 Å². The zero-order valence-corrected chi connectivity index (χ0v) is 14.7. The Kier molecular flexibility index (Phi) is 7.20. The van der Waals surface area contributed by atoms with Crippen molar-refractivity contribution < 1.29 is 23.0 Å². The summed E-state index contributed by atoms with van der Waals surface area (Å²) in [5, 5.41) is 2.72. The summed E-state index contributed by atoms with van der Waals surface area (Å²) in [5.41, 5.74) is 1.10. The van der Waals surface area contributed by atoms with Crippen LogP contribution in [-0.4, -0.2) is 39.8 Å². The average molecular weight is 364 g/mol. The summed E-state index contributed by atoms with van der Waals surface area (Å²) < 4.78 is 34.7. The van der Waals surface area contributed by atoms with Crippen LogP contribution in [0.2, 0.25) is 0 Å². The van der Waals surface area contributed by atoms with Crippen LogP contribution in [-0.2, 0) is 0 Å². The van der Waals surface area contributed by atoms with E-state index in [-0.39, 0.29) is 17.1 Å².